The first-order valence-electron chi connectivity index (χ1n) is 6.33. The van der Waals surface area contributed by atoms with Gasteiger partial charge in [-0.2, -0.15) is 0 Å². The average Bonchev–Trinajstić information content (AvgIpc) is 2.94. The van der Waals surface area contributed by atoms with Crippen molar-refractivity contribution in [1.29, 1.82) is 0 Å². The van der Waals surface area contributed by atoms with Crippen molar-refractivity contribution in [3.8, 4) is 16.9 Å². The van der Waals surface area contributed by atoms with Gasteiger partial charge in [-0.25, -0.2) is 4.79 Å². The highest BCUT2D eigenvalue weighted by molar-refractivity contribution is 5.90. The van der Waals surface area contributed by atoms with E-state index in [2.05, 4.69) is 0 Å². The van der Waals surface area contributed by atoms with Crippen molar-refractivity contribution in [1.82, 2.24) is 0 Å². The molecule has 0 saturated heterocycles. The molecule has 1 heterocycles. The largest absolute Gasteiger partial charge is 0.493 e. The van der Waals surface area contributed by atoms with Crippen LogP contribution >= 0.6 is 0 Å². The number of ether oxygens (including phenoxy) is 1. The monoisotopic (exact) mass is 285 g/mol. The molecule has 0 fully saturated rings. The molecule has 0 aliphatic carbocycles. The maximum Gasteiger partial charge on any atom is 0.335 e. The van der Waals surface area contributed by atoms with Gasteiger partial charge in [-0.15, -0.1) is 0 Å². The molecule has 6 heteroatoms. The second kappa shape index (κ2) is 4.90. The zero-order valence-corrected chi connectivity index (χ0v) is 10.9. The van der Waals surface area contributed by atoms with Crippen LogP contribution in [-0.2, 0) is 6.42 Å². The molecular weight excluding hydrogens is 274 g/mol. The second-order valence-electron chi connectivity index (χ2n) is 4.75. The third-order valence-electron chi connectivity index (χ3n) is 3.40. The number of hydrogen-bond acceptors (Lipinski definition) is 4. The Hall–Kier alpha value is -2.89. The van der Waals surface area contributed by atoms with E-state index in [4.69, 9.17) is 9.84 Å². The number of aromatic carboxylic acids is 1. The van der Waals surface area contributed by atoms with Gasteiger partial charge in [0.1, 0.15) is 5.75 Å². The van der Waals surface area contributed by atoms with Crippen LogP contribution in [-0.4, -0.2) is 22.6 Å². The lowest BCUT2D eigenvalue weighted by Crippen LogP contribution is -1.99. The van der Waals surface area contributed by atoms with Crippen LogP contribution in [0.4, 0.5) is 5.69 Å². The highest BCUT2D eigenvalue weighted by atomic mass is 16.6. The summed E-state index contributed by atoms with van der Waals surface area (Å²) in [7, 11) is 0. The molecule has 6 nitrogen and oxygen atoms in total. The SMILES string of the molecule is O=C(O)c1cc(-c2ccc3c(c2)CCO3)cc([N+](=O)[O-])c1. The molecule has 0 atom stereocenters. The Morgan fingerprint density at radius 1 is 1.19 bits per heavy atom. The van der Waals surface area contributed by atoms with Crippen LogP contribution in [0.1, 0.15) is 15.9 Å². The molecule has 0 spiro atoms. The summed E-state index contributed by atoms with van der Waals surface area (Å²) in [5.41, 5.74) is 1.94. The van der Waals surface area contributed by atoms with Crippen LogP contribution in [0.2, 0.25) is 0 Å². The molecule has 1 aliphatic heterocycles. The zero-order valence-electron chi connectivity index (χ0n) is 10.9. The molecular formula is C15H11NO5. The first-order chi connectivity index (χ1) is 10.0. The summed E-state index contributed by atoms with van der Waals surface area (Å²) >= 11 is 0. The van der Waals surface area contributed by atoms with Gasteiger partial charge in [0.25, 0.3) is 5.69 Å². The molecule has 3 rings (SSSR count). The van der Waals surface area contributed by atoms with Crippen molar-refractivity contribution in [3.05, 3.63) is 57.6 Å². The van der Waals surface area contributed by atoms with Gasteiger partial charge in [0, 0.05) is 18.6 Å². The summed E-state index contributed by atoms with van der Waals surface area (Å²) < 4.78 is 5.41. The number of nitro benzene ring substituents is 1. The van der Waals surface area contributed by atoms with Gasteiger partial charge in [0.05, 0.1) is 17.1 Å². The number of fused-ring (bicyclic) bond motifs is 1. The summed E-state index contributed by atoms with van der Waals surface area (Å²) in [5, 5.41) is 20.0. The Bertz CT molecular complexity index is 721. The molecule has 106 valence electrons. The normalized spacial score (nSPS) is 12.6. The second-order valence-corrected chi connectivity index (χ2v) is 4.75. The van der Waals surface area contributed by atoms with Crippen molar-refractivity contribution in [2.75, 3.05) is 6.61 Å². The lowest BCUT2D eigenvalue weighted by atomic mass is 9.99. The average molecular weight is 285 g/mol. The molecule has 1 N–H and O–H groups in total. The fourth-order valence-corrected chi connectivity index (χ4v) is 2.37. The number of nitro groups is 1. The maximum atomic E-state index is 11.1. The summed E-state index contributed by atoms with van der Waals surface area (Å²) in [6.07, 6.45) is 0.782. The molecule has 2 aromatic carbocycles. The van der Waals surface area contributed by atoms with Crippen LogP contribution in [0.15, 0.2) is 36.4 Å². The molecule has 0 saturated carbocycles. The van der Waals surface area contributed by atoms with Gasteiger partial charge >= 0.3 is 5.97 Å². The Kier molecular flexibility index (Phi) is 3.06. The van der Waals surface area contributed by atoms with E-state index in [1.807, 2.05) is 6.07 Å². The lowest BCUT2D eigenvalue weighted by molar-refractivity contribution is -0.384. The van der Waals surface area contributed by atoms with Gasteiger partial charge in [-0.1, -0.05) is 6.07 Å². The number of rotatable bonds is 3. The van der Waals surface area contributed by atoms with E-state index in [1.54, 1.807) is 12.1 Å². The van der Waals surface area contributed by atoms with Crippen molar-refractivity contribution < 1.29 is 19.6 Å². The van der Waals surface area contributed by atoms with Gasteiger partial charge < -0.3 is 9.84 Å². The van der Waals surface area contributed by atoms with Crippen molar-refractivity contribution >= 4 is 11.7 Å². The number of carboxylic acid groups (broad SMARTS) is 1. The zero-order chi connectivity index (χ0) is 15.0. The minimum atomic E-state index is -1.19. The van der Waals surface area contributed by atoms with Crippen LogP contribution in [0.3, 0.4) is 0 Å². The summed E-state index contributed by atoms with van der Waals surface area (Å²) in [6, 6.07) is 9.33. The predicted octanol–water partition coefficient (Wildman–Crippen LogP) is 2.89. The fraction of sp³-hybridized carbons (Fsp3) is 0.133. The standard InChI is InChI=1S/C15H11NO5/c17-15(18)12-6-11(7-13(8-12)16(19)20)9-1-2-14-10(5-9)3-4-21-14/h1-2,5-8H,3-4H2,(H,17,18). The van der Waals surface area contributed by atoms with E-state index < -0.39 is 10.9 Å². The minimum absolute atomic E-state index is 0.101. The van der Waals surface area contributed by atoms with Crippen LogP contribution < -0.4 is 4.74 Å². The number of hydrogen-bond donors (Lipinski definition) is 1. The highest BCUT2D eigenvalue weighted by Crippen LogP contribution is 2.32. The third kappa shape index (κ3) is 2.43. The Labute approximate surface area is 119 Å². The first kappa shape index (κ1) is 13.1. The summed E-state index contributed by atoms with van der Waals surface area (Å²) in [5.74, 6) is -0.382. The Balaban J connectivity index is 2.13. The number of benzene rings is 2. The molecule has 21 heavy (non-hydrogen) atoms. The van der Waals surface area contributed by atoms with Gasteiger partial charge in [-0.05, 0) is 34.9 Å². The van der Waals surface area contributed by atoms with E-state index in [0.717, 1.165) is 29.4 Å². The van der Waals surface area contributed by atoms with E-state index in [0.29, 0.717) is 12.2 Å². The number of nitrogens with zero attached hydrogens (tertiary/aromatic N) is 1. The number of non-ortho nitro benzene ring substituents is 1. The topological polar surface area (TPSA) is 89.7 Å². The summed E-state index contributed by atoms with van der Waals surface area (Å²) in [4.78, 5) is 21.5. The highest BCUT2D eigenvalue weighted by Gasteiger charge is 2.17. The van der Waals surface area contributed by atoms with Crippen LogP contribution in [0, 0.1) is 10.1 Å². The molecule has 0 aromatic heterocycles. The molecule has 0 bridgehead atoms. The van der Waals surface area contributed by atoms with Crippen LogP contribution in [0.5, 0.6) is 5.75 Å². The Morgan fingerprint density at radius 3 is 2.71 bits per heavy atom. The van der Waals surface area contributed by atoms with Crippen molar-refractivity contribution in [2.24, 2.45) is 0 Å². The van der Waals surface area contributed by atoms with Crippen molar-refractivity contribution in [2.45, 2.75) is 6.42 Å². The quantitative estimate of drug-likeness (QED) is 0.691. The first-order valence-corrected chi connectivity index (χ1v) is 6.33. The number of carboxylic acids is 1. The maximum absolute atomic E-state index is 11.1. The molecule has 1 aliphatic rings. The molecule has 0 amide bonds. The molecule has 0 unspecified atom stereocenters. The Morgan fingerprint density at radius 2 is 2.00 bits per heavy atom. The number of carbonyl (C=O) groups is 1. The smallest absolute Gasteiger partial charge is 0.335 e. The molecule has 0 radical (unpaired) electrons. The van der Waals surface area contributed by atoms with Crippen molar-refractivity contribution in [3.63, 3.8) is 0 Å². The minimum Gasteiger partial charge on any atom is -0.493 e. The van der Waals surface area contributed by atoms with E-state index in [1.165, 1.54) is 12.1 Å². The van der Waals surface area contributed by atoms with Gasteiger partial charge in [0.2, 0.25) is 0 Å². The summed E-state index contributed by atoms with van der Waals surface area (Å²) in [6.45, 7) is 0.619. The molecule has 2 aromatic rings. The predicted molar refractivity (Wildman–Crippen MR) is 74.7 cm³/mol. The van der Waals surface area contributed by atoms with Crippen LogP contribution in [0.25, 0.3) is 11.1 Å². The van der Waals surface area contributed by atoms with Gasteiger partial charge in [-0.3, -0.25) is 10.1 Å². The van der Waals surface area contributed by atoms with E-state index in [-0.39, 0.29) is 11.3 Å². The van der Waals surface area contributed by atoms with E-state index in [9.17, 15) is 14.9 Å². The van der Waals surface area contributed by atoms with E-state index >= 15 is 0 Å². The third-order valence-corrected chi connectivity index (χ3v) is 3.40. The fourth-order valence-electron chi connectivity index (χ4n) is 2.37. The lowest BCUT2D eigenvalue weighted by Gasteiger charge is -2.06. The van der Waals surface area contributed by atoms with Gasteiger partial charge in [0.15, 0.2) is 0 Å².